The molecule has 0 unspecified atom stereocenters. The molecule has 0 aliphatic heterocycles. The van der Waals surface area contributed by atoms with E-state index in [2.05, 4.69) is 30.6 Å². The minimum Gasteiger partial charge on any atom is -0.463 e. The second kappa shape index (κ2) is 5.55. The number of nitrogen functional groups attached to an aromatic ring is 1. The highest BCUT2D eigenvalue weighted by Crippen LogP contribution is 2.15. The van der Waals surface area contributed by atoms with E-state index < -0.39 is 11.9 Å². The van der Waals surface area contributed by atoms with Crippen LogP contribution in [0.1, 0.15) is 12.6 Å². The largest absolute Gasteiger partial charge is 0.463 e. The van der Waals surface area contributed by atoms with Crippen molar-refractivity contribution in [1.82, 2.24) is 9.97 Å². The molecule has 0 saturated carbocycles. The highest BCUT2D eigenvalue weighted by atomic mass is 79.9. The van der Waals surface area contributed by atoms with Crippen LogP contribution in [0.2, 0.25) is 0 Å². The quantitative estimate of drug-likeness (QED) is 0.674. The Morgan fingerprint density at radius 2 is 2.31 bits per heavy atom. The standard InChI is InChI=1S/C9H9BrFN3O2/c1-2-16-6(15)4-3-5-9(12)14-8(11)7(10)13-5/h3-4H,2H2,1H3,(H2,12,14)/b4-3+. The molecule has 7 heteroatoms. The molecule has 0 aromatic carbocycles. The van der Waals surface area contributed by atoms with Crippen LogP contribution in [0.4, 0.5) is 10.2 Å². The SMILES string of the molecule is CCOC(=O)/C=C/c1nc(Br)c(F)nc1N. The van der Waals surface area contributed by atoms with E-state index >= 15 is 0 Å². The summed E-state index contributed by atoms with van der Waals surface area (Å²) in [6.07, 6.45) is 2.46. The molecule has 0 aliphatic rings. The maximum Gasteiger partial charge on any atom is 0.330 e. The number of nitrogens with two attached hydrogens (primary N) is 1. The Bertz CT molecular complexity index is 437. The predicted molar refractivity (Wildman–Crippen MR) is 59.8 cm³/mol. The average molecular weight is 290 g/mol. The molecular formula is C9H9BrFN3O2. The van der Waals surface area contributed by atoms with Gasteiger partial charge in [-0.05, 0) is 28.9 Å². The second-order valence-electron chi connectivity index (χ2n) is 2.66. The van der Waals surface area contributed by atoms with Gasteiger partial charge in [0.15, 0.2) is 10.4 Å². The summed E-state index contributed by atoms with van der Waals surface area (Å²) in [5.41, 5.74) is 5.61. The zero-order valence-electron chi connectivity index (χ0n) is 8.41. The lowest BCUT2D eigenvalue weighted by Gasteiger charge is -2.00. The first-order chi connectivity index (χ1) is 7.54. The van der Waals surface area contributed by atoms with Crippen molar-refractivity contribution >= 4 is 33.8 Å². The number of rotatable bonds is 3. The maximum absolute atomic E-state index is 12.9. The van der Waals surface area contributed by atoms with Crippen LogP contribution in [0, 0.1) is 5.95 Å². The lowest BCUT2D eigenvalue weighted by molar-refractivity contribution is -0.137. The van der Waals surface area contributed by atoms with Gasteiger partial charge in [0.2, 0.25) is 5.95 Å². The van der Waals surface area contributed by atoms with Crippen LogP contribution in [0.5, 0.6) is 0 Å². The van der Waals surface area contributed by atoms with Crippen LogP contribution in [0.15, 0.2) is 10.7 Å². The molecule has 0 aliphatic carbocycles. The van der Waals surface area contributed by atoms with Crippen molar-refractivity contribution in [2.45, 2.75) is 6.92 Å². The summed E-state index contributed by atoms with van der Waals surface area (Å²) in [4.78, 5) is 18.2. The van der Waals surface area contributed by atoms with Crippen LogP contribution in [0.25, 0.3) is 6.08 Å². The molecule has 0 atom stereocenters. The van der Waals surface area contributed by atoms with Crippen molar-refractivity contribution in [2.75, 3.05) is 12.3 Å². The number of ether oxygens (including phenoxy) is 1. The zero-order chi connectivity index (χ0) is 12.1. The van der Waals surface area contributed by atoms with E-state index in [0.29, 0.717) is 0 Å². The third kappa shape index (κ3) is 3.27. The Balaban J connectivity index is 2.89. The van der Waals surface area contributed by atoms with Gasteiger partial charge < -0.3 is 10.5 Å². The fraction of sp³-hybridized carbons (Fsp3) is 0.222. The Labute approximate surface area is 99.7 Å². The number of halogens is 2. The molecule has 0 spiro atoms. The zero-order valence-corrected chi connectivity index (χ0v) is 9.99. The number of carbonyl (C=O) groups excluding carboxylic acids is 1. The van der Waals surface area contributed by atoms with Gasteiger partial charge in [-0.2, -0.15) is 9.37 Å². The number of esters is 1. The first-order valence-electron chi connectivity index (χ1n) is 4.38. The lowest BCUT2D eigenvalue weighted by atomic mass is 10.3. The van der Waals surface area contributed by atoms with Crippen molar-refractivity contribution in [3.05, 3.63) is 22.3 Å². The van der Waals surface area contributed by atoms with E-state index in [9.17, 15) is 9.18 Å². The Morgan fingerprint density at radius 1 is 1.62 bits per heavy atom. The fourth-order valence-electron chi connectivity index (χ4n) is 0.878. The molecule has 0 bridgehead atoms. The highest BCUT2D eigenvalue weighted by Gasteiger charge is 2.07. The topological polar surface area (TPSA) is 78.1 Å². The van der Waals surface area contributed by atoms with Crippen molar-refractivity contribution < 1.29 is 13.9 Å². The molecule has 1 rings (SSSR count). The fourth-order valence-corrected chi connectivity index (χ4v) is 1.16. The number of hydrogen-bond donors (Lipinski definition) is 1. The monoisotopic (exact) mass is 289 g/mol. The van der Waals surface area contributed by atoms with Gasteiger partial charge >= 0.3 is 5.97 Å². The van der Waals surface area contributed by atoms with E-state index in [-0.39, 0.29) is 22.7 Å². The van der Waals surface area contributed by atoms with Crippen molar-refractivity contribution in [2.24, 2.45) is 0 Å². The predicted octanol–water partition coefficient (Wildman–Crippen LogP) is 1.54. The third-order valence-corrected chi connectivity index (χ3v) is 2.04. The Hall–Kier alpha value is -1.50. The van der Waals surface area contributed by atoms with Gasteiger partial charge in [-0.15, -0.1) is 0 Å². The van der Waals surface area contributed by atoms with E-state index in [0.717, 1.165) is 6.08 Å². The van der Waals surface area contributed by atoms with Gasteiger partial charge in [0.05, 0.1) is 6.61 Å². The van der Waals surface area contributed by atoms with Crippen LogP contribution in [-0.4, -0.2) is 22.5 Å². The summed E-state index contributed by atoms with van der Waals surface area (Å²) in [6, 6.07) is 0. The normalized spacial score (nSPS) is 10.7. The molecule has 1 aromatic heterocycles. The lowest BCUT2D eigenvalue weighted by Crippen LogP contribution is -2.02. The van der Waals surface area contributed by atoms with Gasteiger partial charge in [-0.25, -0.2) is 9.78 Å². The minimum atomic E-state index is -0.800. The molecule has 0 saturated heterocycles. The second-order valence-corrected chi connectivity index (χ2v) is 3.41. The maximum atomic E-state index is 12.9. The minimum absolute atomic E-state index is 0.0646. The smallest absolute Gasteiger partial charge is 0.330 e. The highest BCUT2D eigenvalue weighted by molar-refractivity contribution is 9.10. The Morgan fingerprint density at radius 3 is 2.94 bits per heavy atom. The van der Waals surface area contributed by atoms with Crippen LogP contribution in [-0.2, 0) is 9.53 Å². The molecule has 0 amide bonds. The molecule has 2 N–H and O–H groups in total. The summed E-state index contributed by atoms with van der Waals surface area (Å²) >= 11 is 2.86. The summed E-state index contributed by atoms with van der Waals surface area (Å²) in [5, 5.41) is 0. The van der Waals surface area contributed by atoms with E-state index in [1.165, 1.54) is 6.08 Å². The first kappa shape index (κ1) is 12.6. The number of carbonyl (C=O) groups is 1. The molecular weight excluding hydrogens is 281 g/mol. The summed E-state index contributed by atoms with van der Waals surface area (Å²) in [5.74, 6) is -1.42. The van der Waals surface area contributed by atoms with Gasteiger partial charge in [0.25, 0.3) is 0 Å². The molecule has 0 fully saturated rings. The van der Waals surface area contributed by atoms with Crippen LogP contribution < -0.4 is 5.73 Å². The van der Waals surface area contributed by atoms with E-state index in [4.69, 9.17) is 5.73 Å². The number of aromatic nitrogens is 2. The summed E-state index contributed by atoms with van der Waals surface area (Å²) in [7, 11) is 0. The van der Waals surface area contributed by atoms with Crippen molar-refractivity contribution in [3.63, 3.8) is 0 Å². The number of anilines is 1. The van der Waals surface area contributed by atoms with Crippen LogP contribution >= 0.6 is 15.9 Å². The molecule has 1 aromatic rings. The molecule has 0 radical (unpaired) electrons. The van der Waals surface area contributed by atoms with E-state index in [1.807, 2.05) is 0 Å². The molecule has 16 heavy (non-hydrogen) atoms. The van der Waals surface area contributed by atoms with E-state index in [1.54, 1.807) is 6.92 Å². The average Bonchev–Trinajstić information content (AvgIpc) is 2.22. The van der Waals surface area contributed by atoms with Gasteiger partial charge in [0.1, 0.15) is 5.69 Å². The van der Waals surface area contributed by atoms with Gasteiger partial charge in [-0.3, -0.25) is 0 Å². The number of hydrogen-bond acceptors (Lipinski definition) is 5. The van der Waals surface area contributed by atoms with Crippen LogP contribution in [0.3, 0.4) is 0 Å². The summed E-state index contributed by atoms with van der Waals surface area (Å²) < 4.78 is 17.5. The van der Waals surface area contributed by atoms with Crippen molar-refractivity contribution in [1.29, 1.82) is 0 Å². The molecule has 5 nitrogen and oxygen atoms in total. The van der Waals surface area contributed by atoms with Crippen molar-refractivity contribution in [3.8, 4) is 0 Å². The number of nitrogens with zero attached hydrogens (tertiary/aromatic N) is 2. The molecule has 86 valence electrons. The first-order valence-corrected chi connectivity index (χ1v) is 5.17. The van der Waals surface area contributed by atoms with Gasteiger partial charge in [-0.1, -0.05) is 0 Å². The Kier molecular flexibility index (Phi) is 4.36. The summed E-state index contributed by atoms with van der Waals surface area (Å²) in [6.45, 7) is 1.96. The van der Waals surface area contributed by atoms with Gasteiger partial charge in [0, 0.05) is 6.08 Å². The molecule has 1 heterocycles. The third-order valence-electron chi connectivity index (χ3n) is 1.53.